The van der Waals surface area contributed by atoms with Gasteiger partial charge in [-0.2, -0.15) is 4.98 Å². The average Bonchev–Trinajstić information content (AvgIpc) is 2.33. The van der Waals surface area contributed by atoms with Crippen molar-refractivity contribution in [2.75, 3.05) is 19.7 Å². The van der Waals surface area contributed by atoms with E-state index in [-0.39, 0.29) is 6.10 Å². The Hall–Kier alpha value is -1.36. The second-order valence-corrected chi connectivity index (χ2v) is 4.24. The normalized spacial score (nSPS) is 24.4. The Kier molecular flexibility index (Phi) is 4.14. The molecule has 1 aliphatic heterocycles. The predicted octanol–water partition coefficient (Wildman–Crippen LogP) is 1.25. The van der Waals surface area contributed by atoms with Gasteiger partial charge in [0.25, 0.3) is 0 Å². The van der Waals surface area contributed by atoms with Gasteiger partial charge in [-0.1, -0.05) is 6.92 Å². The zero-order chi connectivity index (χ0) is 12.1. The predicted molar refractivity (Wildman–Crippen MR) is 64.3 cm³/mol. The summed E-state index contributed by atoms with van der Waals surface area (Å²) >= 11 is 0. The van der Waals surface area contributed by atoms with Crippen LogP contribution in [-0.2, 0) is 0 Å². The molecule has 2 atom stereocenters. The van der Waals surface area contributed by atoms with Crippen LogP contribution in [0.5, 0.6) is 11.9 Å². The Bertz CT molecular complexity index is 359. The molecule has 0 saturated carbocycles. The zero-order valence-electron chi connectivity index (χ0n) is 10.3. The first-order valence-corrected chi connectivity index (χ1v) is 6.13. The van der Waals surface area contributed by atoms with Crippen LogP contribution in [0.4, 0.5) is 0 Å². The Labute approximate surface area is 102 Å². The Morgan fingerprint density at radius 3 is 3.18 bits per heavy atom. The smallest absolute Gasteiger partial charge is 0.320 e. The van der Waals surface area contributed by atoms with Gasteiger partial charge in [0.2, 0.25) is 5.88 Å². The number of nitrogens with one attached hydrogen (secondary N) is 1. The lowest BCUT2D eigenvalue weighted by Gasteiger charge is -2.29. The summed E-state index contributed by atoms with van der Waals surface area (Å²) in [5, 5.41) is 3.31. The SMILES string of the molecule is CCOc1ccnc(OC2CNCCC2C)n1. The van der Waals surface area contributed by atoms with Crippen molar-refractivity contribution in [1.29, 1.82) is 0 Å². The summed E-state index contributed by atoms with van der Waals surface area (Å²) < 4.78 is 11.1. The van der Waals surface area contributed by atoms with Crippen molar-refractivity contribution < 1.29 is 9.47 Å². The van der Waals surface area contributed by atoms with Crippen molar-refractivity contribution in [3.63, 3.8) is 0 Å². The molecule has 2 unspecified atom stereocenters. The van der Waals surface area contributed by atoms with E-state index in [1.165, 1.54) is 0 Å². The molecule has 0 spiro atoms. The van der Waals surface area contributed by atoms with Crippen LogP contribution in [0.2, 0.25) is 0 Å². The van der Waals surface area contributed by atoms with Crippen molar-refractivity contribution >= 4 is 0 Å². The molecule has 2 heterocycles. The van der Waals surface area contributed by atoms with E-state index >= 15 is 0 Å². The highest BCUT2D eigenvalue weighted by Crippen LogP contribution is 2.18. The number of hydrogen-bond donors (Lipinski definition) is 1. The first-order chi connectivity index (χ1) is 8.29. The molecule has 0 aromatic carbocycles. The first kappa shape index (κ1) is 12.1. The van der Waals surface area contributed by atoms with Gasteiger partial charge in [-0.05, 0) is 25.8 Å². The van der Waals surface area contributed by atoms with Gasteiger partial charge >= 0.3 is 6.01 Å². The molecule has 5 nitrogen and oxygen atoms in total. The topological polar surface area (TPSA) is 56.3 Å². The van der Waals surface area contributed by atoms with Crippen molar-refractivity contribution in [1.82, 2.24) is 15.3 Å². The third kappa shape index (κ3) is 3.30. The standard InChI is InChI=1S/C12H19N3O2/c1-3-16-11-5-7-14-12(15-11)17-10-8-13-6-4-9(10)2/h5,7,9-10,13H,3-4,6,8H2,1-2H3. The largest absolute Gasteiger partial charge is 0.478 e. The van der Waals surface area contributed by atoms with Gasteiger partial charge in [-0.25, -0.2) is 4.98 Å². The minimum atomic E-state index is 0.139. The van der Waals surface area contributed by atoms with Crippen LogP contribution in [0.25, 0.3) is 0 Å². The lowest BCUT2D eigenvalue weighted by Crippen LogP contribution is -2.43. The number of piperidine rings is 1. The molecule has 1 N–H and O–H groups in total. The van der Waals surface area contributed by atoms with Crippen molar-refractivity contribution in [3.8, 4) is 11.9 Å². The van der Waals surface area contributed by atoms with Crippen LogP contribution in [-0.4, -0.2) is 35.8 Å². The molecule has 94 valence electrons. The Morgan fingerprint density at radius 1 is 1.53 bits per heavy atom. The molecule has 0 bridgehead atoms. The molecule has 1 aromatic heterocycles. The van der Waals surface area contributed by atoms with Gasteiger partial charge in [0.15, 0.2) is 0 Å². The molecule has 0 radical (unpaired) electrons. The van der Waals surface area contributed by atoms with Gasteiger partial charge < -0.3 is 14.8 Å². The fourth-order valence-corrected chi connectivity index (χ4v) is 1.86. The van der Waals surface area contributed by atoms with E-state index in [1.54, 1.807) is 12.3 Å². The van der Waals surface area contributed by atoms with Crippen molar-refractivity contribution in [3.05, 3.63) is 12.3 Å². The monoisotopic (exact) mass is 237 g/mol. The van der Waals surface area contributed by atoms with Gasteiger partial charge in [0.1, 0.15) is 6.10 Å². The van der Waals surface area contributed by atoms with Crippen LogP contribution in [0, 0.1) is 5.92 Å². The number of aromatic nitrogens is 2. The average molecular weight is 237 g/mol. The highest BCUT2D eigenvalue weighted by Gasteiger charge is 2.23. The van der Waals surface area contributed by atoms with E-state index < -0.39 is 0 Å². The van der Waals surface area contributed by atoms with Crippen LogP contribution in [0.1, 0.15) is 20.3 Å². The Balaban J connectivity index is 1.99. The molecule has 2 rings (SSSR count). The van der Waals surface area contributed by atoms with E-state index in [2.05, 4.69) is 22.2 Å². The van der Waals surface area contributed by atoms with Gasteiger partial charge in [0, 0.05) is 18.8 Å². The van der Waals surface area contributed by atoms with Gasteiger partial charge in [-0.15, -0.1) is 0 Å². The molecule has 17 heavy (non-hydrogen) atoms. The van der Waals surface area contributed by atoms with Crippen LogP contribution in [0.3, 0.4) is 0 Å². The maximum atomic E-state index is 5.79. The number of rotatable bonds is 4. The number of hydrogen-bond acceptors (Lipinski definition) is 5. The highest BCUT2D eigenvalue weighted by atomic mass is 16.5. The summed E-state index contributed by atoms with van der Waals surface area (Å²) in [4.78, 5) is 8.32. The van der Waals surface area contributed by atoms with E-state index in [1.807, 2.05) is 6.92 Å². The van der Waals surface area contributed by atoms with Crippen LogP contribution in [0.15, 0.2) is 12.3 Å². The van der Waals surface area contributed by atoms with Crippen LogP contribution >= 0.6 is 0 Å². The van der Waals surface area contributed by atoms with Crippen molar-refractivity contribution in [2.45, 2.75) is 26.4 Å². The fourth-order valence-electron chi connectivity index (χ4n) is 1.86. The molecule has 1 aliphatic rings. The summed E-state index contributed by atoms with van der Waals surface area (Å²) in [6.45, 7) is 6.62. The molecule has 1 fully saturated rings. The summed E-state index contributed by atoms with van der Waals surface area (Å²) in [7, 11) is 0. The second-order valence-electron chi connectivity index (χ2n) is 4.24. The molecule has 0 amide bonds. The molecular weight excluding hydrogens is 218 g/mol. The van der Waals surface area contributed by atoms with Crippen molar-refractivity contribution in [2.24, 2.45) is 5.92 Å². The zero-order valence-corrected chi connectivity index (χ0v) is 10.3. The second kappa shape index (κ2) is 5.82. The third-order valence-corrected chi connectivity index (χ3v) is 2.91. The van der Waals surface area contributed by atoms with E-state index in [0.717, 1.165) is 19.5 Å². The molecule has 5 heteroatoms. The number of ether oxygens (including phenoxy) is 2. The van der Waals surface area contributed by atoms with Gasteiger partial charge in [-0.3, -0.25) is 0 Å². The molecule has 1 saturated heterocycles. The maximum Gasteiger partial charge on any atom is 0.320 e. The highest BCUT2D eigenvalue weighted by molar-refractivity contribution is 5.11. The third-order valence-electron chi connectivity index (χ3n) is 2.91. The van der Waals surface area contributed by atoms with Gasteiger partial charge in [0.05, 0.1) is 6.61 Å². The molecule has 1 aromatic rings. The minimum Gasteiger partial charge on any atom is -0.478 e. The first-order valence-electron chi connectivity index (χ1n) is 6.13. The lowest BCUT2D eigenvalue weighted by molar-refractivity contribution is 0.103. The lowest BCUT2D eigenvalue weighted by atomic mass is 9.97. The summed E-state index contributed by atoms with van der Waals surface area (Å²) in [6, 6.07) is 2.13. The molecule has 0 aliphatic carbocycles. The minimum absolute atomic E-state index is 0.139. The summed E-state index contributed by atoms with van der Waals surface area (Å²) in [6.07, 6.45) is 2.92. The Morgan fingerprint density at radius 2 is 2.41 bits per heavy atom. The van der Waals surface area contributed by atoms with E-state index in [4.69, 9.17) is 9.47 Å². The molecular formula is C12H19N3O2. The quantitative estimate of drug-likeness (QED) is 0.854. The van der Waals surface area contributed by atoms with Crippen LogP contribution < -0.4 is 14.8 Å². The summed E-state index contributed by atoms with van der Waals surface area (Å²) in [5.41, 5.74) is 0. The van der Waals surface area contributed by atoms with E-state index in [9.17, 15) is 0 Å². The maximum absolute atomic E-state index is 5.79. The number of nitrogens with zero attached hydrogens (tertiary/aromatic N) is 2. The van der Waals surface area contributed by atoms with E-state index in [0.29, 0.717) is 24.4 Å². The summed E-state index contributed by atoms with van der Waals surface area (Å²) in [5.74, 6) is 1.09. The fraction of sp³-hybridized carbons (Fsp3) is 0.667.